The van der Waals surface area contributed by atoms with Gasteiger partial charge in [0.15, 0.2) is 0 Å². The summed E-state index contributed by atoms with van der Waals surface area (Å²) in [6.45, 7) is 2.23. The zero-order valence-electron chi connectivity index (χ0n) is 11.0. The number of carbonyl (C=O) groups is 1. The Morgan fingerprint density at radius 1 is 1.00 bits per heavy atom. The van der Waals surface area contributed by atoms with Crippen LogP contribution in [-0.4, -0.2) is 25.7 Å². The zero-order chi connectivity index (χ0) is 12.2. The Morgan fingerprint density at radius 2 is 1.71 bits per heavy atom. The average Bonchev–Trinajstić information content (AvgIpc) is 2.30. The van der Waals surface area contributed by atoms with Crippen molar-refractivity contribution < 1.29 is 9.53 Å². The van der Waals surface area contributed by atoms with Gasteiger partial charge < -0.3 is 10.1 Å². The van der Waals surface area contributed by atoms with Gasteiger partial charge in [0.2, 0.25) is 0 Å². The second-order valence-corrected chi connectivity index (χ2v) is 5.02. The Morgan fingerprint density at radius 3 is 2.41 bits per heavy atom. The largest absolute Gasteiger partial charge is 0.468 e. The number of hydrogen-bond donors (Lipinski definition) is 1. The standard InChI is InChI=1S/C14H27NO2/c16-13-17-12-8-4-7-11-15-14-9-5-2-1-3-6-10-14/h13-15H,1-12H2. The summed E-state index contributed by atoms with van der Waals surface area (Å²) in [6.07, 6.45) is 13.1. The number of ether oxygens (including phenoxy) is 1. The minimum absolute atomic E-state index is 0.534. The summed E-state index contributed by atoms with van der Waals surface area (Å²) < 4.78 is 4.66. The molecule has 3 nitrogen and oxygen atoms in total. The fourth-order valence-electron chi connectivity index (χ4n) is 2.50. The van der Waals surface area contributed by atoms with E-state index in [-0.39, 0.29) is 0 Å². The summed E-state index contributed by atoms with van der Waals surface area (Å²) in [6, 6.07) is 0.751. The van der Waals surface area contributed by atoms with Crippen LogP contribution >= 0.6 is 0 Å². The minimum Gasteiger partial charge on any atom is -0.468 e. The lowest BCUT2D eigenvalue weighted by Crippen LogP contribution is -2.30. The highest BCUT2D eigenvalue weighted by Gasteiger charge is 2.09. The maximum absolute atomic E-state index is 9.93. The normalized spacial score (nSPS) is 18.4. The molecule has 0 spiro atoms. The molecule has 0 radical (unpaired) electrons. The molecule has 0 aromatic carbocycles. The van der Waals surface area contributed by atoms with Crippen LogP contribution in [0.2, 0.25) is 0 Å². The van der Waals surface area contributed by atoms with Crippen LogP contribution in [0.1, 0.15) is 64.2 Å². The first-order valence-corrected chi connectivity index (χ1v) is 7.22. The van der Waals surface area contributed by atoms with Gasteiger partial charge in [0, 0.05) is 6.04 Å². The second kappa shape index (κ2) is 10.6. The number of nitrogens with one attached hydrogen (secondary N) is 1. The van der Waals surface area contributed by atoms with Gasteiger partial charge in [0.25, 0.3) is 6.47 Å². The van der Waals surface area contributed by atoms with Crippen molar-refractivity contribution in [3.63, 3.8) is 0 Å². The summed E-state index contributed by atoms with van der Waals surface area (Å²) in [7, 11) is 0. The van der Waals surface area contributed by atoms with Crippen LogP contribution in [0.25, 0.3) is 0 Å². The van der Waals surface area contributed by atoms with E-state index in [0.29, 0.717) is 13.1 Å². The fourth-order valence-corrected chi connectivity index (χ4v) is 2.50. The fraction of sp³-hybridized carbons (Fsp3) is 0.929. The molecule has 1 saturated carbocycles. The monoisotopic (exact) mass is 241 g/mol. The molecule has 0 heterocycles. The van der Waals surface area contributed by atoms with Gasteiger partial charge in [0.1, 0.15) is 0 Å². The molecule has 1 aliphatic rings. The lowest BCUT2D eigenvalue weighted by atomic mass is 9.96. The zero-order valence-corrected chi connectivity index (χ0v) is 11.0. The number of unbranched alkanes of at least 4 members (excludes halogenated alkanes) is 2. The Bertz CT molecular complexity index is 177. The third-order valence-electron chi connectivity index (χ3n) is 3.55. The van der Waals surface area contributed by atoms with Crippen molar-refractivity contribution in [2.75, 3.05) is 13.2 Å². The van der Waals surface area contributed by atoms with Crippen LogP contribution in [0.15, 0.2) is 0 Å². The molecule has 100 valence electrons. The van der Waals surface area contributed by atoms with E-state index in [9.17, 15) is 4.79 Å². The Hall–Kier alpha value is -0.570. The molecule has 0 aromatic heterocycles. The van der Waals surface area contributed by atoms with Crippen LogP contribution in [0.4, 0.5) is 0 Å². The Kier molecular flexibility index (Phi) is 9.01. The summed E-state index contributed by atoms with van der Waals surface area (Å²) in [5.74, 6) is 0. The minimum atomic E-state index is 0.534. The molecular weight excluding hydrogens is 214 g/mol. The van der Waals surface area contributed by atoms with E-state index in [1.165, 1.54) is 51.4 Å². The topological polar surface area (TPSA) is 38.3 Å². The van der Waals surface area contributed by atoms with Crippen LogP contribution in [-0.2, 0) is 9.53 Å². The summed E-state index contributed by atoms with van der Waals surface area (Å²) in [5.41, 5.74) is 0. The predicted octanol–water partition coefficient (Wildman–Crippen LogP) is 3.03. The molecule has 0 saturated heterocycles. The van der Waals surface area contributed by atoms with Crippen LogP contribution in [0.5, 0.6) is 0 Å². The molecule has 0 bridgehead atoms. The SMILES string of the molecule is O=COCCCCCNC1CCCCCCC1. The molecule has 17 heavy (non-hydrogen) atoms. The average molecular weight is 241 g/mol. The summed E-state index contributed by atoms with van der Waals surface area (Å²) in [5, 5.41) is 3.67. The third kappa shape index (κ3) is 8.19. The molecule has 0 aliphatic heterocycles. The van der Waals surface area contributed by atoms with Gasteiger partial charge in [-0.05, 0) is 38.6 Å². The van der Waals surface area contributed by atoms with Crippen LogP contribution in [0, 0.1) is 0 Å². The van der Waals surface area contributed by atoms with Gasteiger partial charge in [0.05, 0.1) is 6.61 Å². The Labute approximate surface area is 105 Å². The molecule has 0 aromatic rings. The molecular formula is C14H27NO2. The van der Waals surface area contributed by atoms with E-state index in [0.717, 1.165) is 25.4 Å². The van der Waals surface area contributed by atoms with Crippen molar-refractivity contribution in [3.05, 3.63) is 0 Å². The van der Waals surface area contributed by atoms with Crippen molar-refractivity contribution >= 4 is 6.47 Å². The first-order valence-electron chi connectivity index (χ1n) is 7.22. The van der Waals surface area contributed by atoms with Gasteiger partial charge in [-0.15, -0.1) is 0 Å². The van der Waals surface area contributed by atoms with Crippen LogP contribution < -0.4 is 5.32 Å². The highest BCUT2D eigenvalue weighted by Crippen LogP contribution is 2.17. The van der Waals surface area contributed by atoms with Crippen molar-refractivity contribution in [1.82, 2.24) is 5.32 Å². The Balaban J connectivity index is 1.91. The highest BCUT2D eigenvalue weighted by atomic mass is 16.5. The maximum atomic E-state index is 9.93. The van der Waals surface area contributed by atoms with E-state index in [1.807, 2.05) is 0 Å². The smallest absolute Gasteiger partial charge is 0.293 e. The van der Waals surface area contributed by atoms with E-state index in [1.54, 1.807) is 0 Å². The molecule has 1 N–H and O–H groups in total. The van der Waals surface area contributed by atoms with Gasteiger partial charge in [-0.1, -0.05) is 32.1 Å². The second-order valence-electron chi connectivity index (χ2n) is 5.02. The molecule has 3 heteroatoms. The molecule has 0 atom stereocenters. The van der Waals surface area contributed by atoms with E-state index >= 15 is 0 Å². The van der Waals surface area contributed by atoms with Gasteiger partial charge in [-0.3, -0.25) is 4.79 Å². The lowest BCUT2D eigenvalue weighted by Gasteiger charge is -2.21. The number of carbonyl (C=O) groups excluding carboxylic acids is 1. The van der Waals surface area contributed by atoms with Gasteiger partial charge >= 0.3 is 0 Å². The quantitative estimate of drug-likeness (QED) is 0.524. The van der Waals surface area contributed by atoms with Crippen molar-refractivity contribution in [1.29, 1.82) is 0 Å². The maximum Gasteiger partial charge on any atom is 0.293 e. The first-order chi connectivity index (χ1) is 8.43. The van der Waals surface area contributed by atoms with Crippen molar-refractivity contribution in [2.24, 2.45) is 0 Å². The third-order valence-corrected chi connectivity index (χ3v) is 3.55. The molecule has 1 rings (SSSR count). The first kappa shape index (κ1) is 14.5. The number of hydrogen-bond acceptors (Lipinski definition) is 3. The summed E-state index contributed by atoms with van der Waals surface area (Å²) in [4.78, 5) is 9.93. The number of rotatable bonds is 8. The van der Waals surface area contributed by atoms with Crippen molar-refractivity contribution in [2.45, 2.75) is 70.3 Å². The van der Waals surface area contributed by atoms with Gasteiger partial charge in [-0.2, -0.15) is 0 Å². The molecule has 1 fully saturated rings. The predicted molar refractivity (Wildman–Crippen MR) is 70.0 cm³/mol. The molecule has 1 aliphatic carbocycles. The van der Waals surface area contributed by atoms with E-state index in [2.05, 4.69) is 10.1 Å². The molecule has 0 amide bonds. The van der Waals surface area contributed by atoms with Gasteiger partial charge in [-0.25, -0.2) is 0 Å². The van der Waals surface area contributed by atoms with E-state index < -0.39 is 0 Å². The van der Waals surface area contributed by atoms with E-state index in [4.69, 9.17) is 0 Å². The van der Waals surface area contributed by atoms with Crippen LogP contribution in [0.3, 0.4) is 0 Å². The highest BCUT2D eigenvalue weighted by molar-refractivity contribution is 5.36. The summed E-state index contributed by atoms with van der Waals surface area (Å²) >= 11 is 0. The van der Waals surface area contributed by atoms with Crippen molar-refractivity contribution in [3.8, 4) is 0 Å². The molecule has 0 unspecified atom stereocenters. The lowest BCUT2D eigenvalue weighted by molar-refractivity contribution is -0.128.